The van der Waals surface area contributed by atoms with Crippen LogP contribution in [-0.4, -0.2) is 21.0 Å². The standard InChI is InChI=1S/C19H17N3O5/c1-3-13-4-6-14(7-5-13)18-20-17(27-21-18)11-26-19(23)15-8-9-16(22(24)25)12(2)10-15/h4-10H,3,11H2,1-2H3. The van der Waals surface area contributed by atoms with E-state index in [1.165, 1.54) is 23.8 Å². The van der Waals surface area contributed by atoms with Crippen molar-refractivity contribution in [2.24, 2.45) is 0 Å². The number of rotatable bonds is 6. The lowest BCUT2D eigenvalue weighted by atomic mass is 10.1. The van der Waals surface area contributed by atoms with E-state index < -0.39 is 10.9 Å². The molecular formula is C19H17N3O5. The first-order valence-electron chi connectivity index (χ1n) is 8.32. The van der Waals surface area contributed by atoms with Crippen LogP contribution in [0.15, 0.2) is 47.0 Å². The van der Waals surface area contributed by atoms with Crippen LogP contribution in [0.2, 0.25) is 0 Å². The smallest absolute Gasteiger partial charge is 0.338 e. The van der Waals surface area contributed by atoms with Gasteiger partial charge in [0.1, 0.15) is 0 Å². The average Bonchev–Trinajstić information content (AvgIpc) is 3.14. The number of carbonyl (C=O) groups excluding carboxylic acids is 1. The lowest BCUT2D eigenvalue weighted by Crippen LogP contribution is -2.06. The van der Waals surface area contributed by atoms with Crippen LogP contribution < -0.4 is 0 Å². The molecule has 1 heterocycles. The van der Waals surface area contributed by atoms with E-state index in [-0.39, 0.29) is 23.7 Å². The van der Waals surface area contributed by atoms with Gasteiger partial charge in [0, 0.05) is 17.2 Å². The Balaban J connectivity index is 1.65. The summed E-state index contributed by atoms with van der Waals surface area (Å²) in [5.74, 6) is -0.0496. The topological polar surface area (TPSA) is 108 Å². The molecule has 0 radical (unpaired) electrons. The first-order chi connectivity index (χ1) is 13.0. The Morgan fingerprint density at radius 3 is 2.59 bits per heavy atom. The number of aromatic nitrogens is 2. The highest BCUT2D eigenvalue weighted by Crippen LogP contribution is 2.20. The molecule has 0 amide bonds. The van der Waals surface area contributed by atoms with E-state index in [1.807, 2.05) is 24.3 Å². The number of carbonyl (C=O) groups is 1. The van der Waals surface area contributed by atoms with Crippen LogP contribution in [0.5, 0.6) is 0 Å². The maximum Gasteiger partial charge on any atom is 0.338 e. The molecule has 0 atom stereocenters. The SMILES string of the molecule is CCc1ccc(-c2noc(COC(=O)c3ccc([N+](=O)[O-])c(C)c3)n2)cc1. The first kappa shape index (κ1) is 18.2. The maximum absolute atomic E-state index is 12.1. The van der Waals surface area contributed by atoms with Crippen LogP contribution in [0.4, 0.5) is 5.69 Å². The quantitative estimate of drug-likeness (QED) is 0.369. The minimum Gasteiger partial charge on any atom is -0.452 e. The number of esters is 1. The molecule has 138 valence electrons. The molecule has 0 bridgehead atoms. The van der Waals surface area contributed by atoms with E-state index >= 15 is 0 Å². The van der Waals surface area contributed by atoms with Crippen molar-refractivity contribution in [3.8, 4) is 11.4 Å². The van der Waals surface area contributed by atoms with Crippen LogP contribution in [-0.2, 0) is 17.8 Å². The first-order valence-corrected chi connectivity index (χ1v) is 8.32. The zero-order valence-corrected chi connectivity index (χ0v) is 14.8. The number of nitro groups is 1. The number of benzene rings is 2. The van der Waals surface area contributed by atoms with Gasteiger partial charge < -0.3 is 9.26 Å². The van der Waals surface area contributed by atoms with Crippen LogP contribution in [0.1, 0.15) is 34.3 Å². The van der Waals surface area contributed by atoms with Crippen molar-refractivity contribution in [1.82, 2.24) is 10.1 Å². The van der Waals surface area contributed by atoms with Crippen molar-refractivity contribution >= 4 is 11.7 Å². The molecule has 0 aliphatic carbocycles. The number of aryl methyl sites for hydroxylation is 2. The number of nitrogens with zero attached hydrogens (tertiary/aromatic N) is 3. The van der Waals surface area contributed by atoms with Crippen LogP contribution in [0, 0.1) is 17.0 Å². The molecule has 8 heteroatoms. The highest BCUT2D eigenvalue weighted by Gasteiger charge is 2.16. The molecule has 8 nitrogen and oxygen atoms in total. The number of hydrogen-bond donors (Lipinski definition) is 0. The molecular weight excluding hydrogens is 350 g/mol. The van der Waals surface area contributed by atoms with Gasteiger partial charge in [-0.05, 0) is 31.0 Å². The molecule has 0 fully saturated rings. The second kappa shape index (κ2) is 7.77. The third-order valence-corrected chi connectivity index (χ3v) is 4.04. The van der Waals surface area contributed by atoms with E-state index in [9.17, 15) is 14.9 Å². The predicted octanol–water partition coefficient (Wildman–Crippen LogP) is 3.87. The van der Waals surface area contributed by atoms with Crippen molar-refractivity contribution in [3.63, 3.8) is 0 Å². The Labute approximate surface area is 154 Å². The highest BCUT2D eigenvalue weighted by atomic mass is 16.6. The van der Waals surface area contributed by atoms with Crippen molar-refractivity contribution in [2.45, 2.75) is 26.9 Å². The number of ether oxygens (including phenoxy) is 1. The summed E-state index contributed by atoms with van der Waals surface area (Å²) in [7, 11) is 0. The summed E-state index contributed by atoms with van der Waals surface area (Å²) in [6.07, 6.45) is 0.940. The third kappa shape index (κ3) is 4.17. The van der Waals surface area contributed by atoms with Crippen molar-refractivity contribution in [3.05, 3.63) is 75.2 Å². The number of hydrogen-bond acceptors (Lipinski definition) is 7. The largest absolute Gasteiger partial charge is 0.452 e. The highest BCUT2D eigenvalue weighted by molar-refractivity contribution is 5.90. The Morgan fingerprint density at radius 1 is 1.22 bits per heavy atom. The number of nitro benzene ring substituents is 1. The van der Waals surface area contributed by atoms with Gasteiger partial charge in [-0.25, -0.2) is 4.79 Å². The van der Waals surface area contributed by atoms with E-state index in [2.05, 4.69) is 17.1 Å². The molecule has 0 spiro atoms. The van der Waals surface area contributed by atoms with Gasteiger partial charge in [-0.3, -0.25) is 10.1 Å². The van der Waals surface area contributed by atoms with Crippen LogP contribution in [0.3, 0.4) is 0 Å². The second-order valence-corrected chi connectivity index (χ2v) is 5.90. The molecule has 0 aliphatic rings. The molecule has 0 unspecified atom stereocenters. The zero-order valence-electron chi connectivity index (χ0n) is 14.8. The predicted molar refractivity (Wildman–Crippen MR) is 96.1 cm³/mol. The van der Waals surface area contributed by atoms with Crippen molar-refractivity contribution < 1.29 is 19.0 Å². The maximum atomic E-state index is 12.1. The minimum atomic E-state index is -0.625. The summed E-state index contributed by atoms with van der Waals surface area (Å²) in [6.45, 7) is 3.44. The van der Waals surface area contributed by atoms with Gasteiger partial charge in [0.15, 0.2) is 6.61 Å². The van der Waals surface area contributed by atoms with Crippen molar-refractivity contribution in [2.75, 3.05) is 0 Å². The van der Waals surface area contributed by atoms with Gasteiger partial charge in [0.2, 0.25) is 5.82 Å². The Hall–Kier alpha value is -3.55. The summed E-state index contributed by atoms with van der Waals surface area (Å²) in [4.78, 5) is 26.7. The average molecular weight is 367 g/mol. The zero-order chi connectivity index (χ0) is 19.4. The van der Waals surface area contributed by atoms with Crippen LogP contribution >= 0.6 is 0 Å². The lowest BCUT2D eigenvalue weighted by Gasteiger charge is -2.03. The summed E-state index contributed by atoms with van der Waals surface area (Å²) in [5.41, 5.74) is 2.55. The molecule has 3 rings (SSSR count). The Morgan fingerprint density at radius 2 is 1.96 bits per heavy atom. The Kier molecular flexibility index (Phi) is 5.25. The molecule has 27 heavy (non-hydrogen) atoms. The summed E-state index contributed by atoms with van der Waals surface area (Å²) in [5, 5.41) is 14.7. The van der Waals surface area contributed by atoms with E-state index in [1.54, 1.807) is 6.92 Å². The van der Waals surface area contributed by atoms with Gasteiger partial charge in [0.25, 0.3) is 11.6 Å². The fourth-order valence-corrected chi connectivity index (χ4v) is 2.52. The van der Waals surface area contributed by atoms with Gasteiger partial charge in [-0.2, -0.15) is 4.98 Å². The van der Waals surface area contributed by atoms with Gasteiger partial charge >= 0.3 is 5.97 Å². The molecule has 3 aromatic rings. The van der Waals surface area contributed by atoms with Crippen molar-refractivity contribution in [1.29, 1.82) is 0 Å². The molecule has 2 aromatic carbocycles. The monoisotopic (exact) mass is 367 g/mol. The molecule has 0 saturated carbocycles. The summed E-state index contributed by atoms with van der Waals surface area (Å²) < 4.78 is 10.3. The molecule has 0 saturated heterocycles. The van der Waals surface area contributed by atoms with Crippen LogP contribution in [0.25, 0.3) is 11.4 Å². The minimum absolute atomic E-state index is 0.0535. The summed E-state index contributed by atoms with van der Waals surface area (Å²) >= 11 is 0. The normalized spacial score (nSPS) is 10.6. The van der Waals surface area contributed by atoms with E-state index in [0.29, 0.717) is 11.4 Å². The lowest BCUT2D eigenvalue weighted by molar-refractivity contribution is -0.385. The fraction of sp³-hybridized carbons (Fsp3) is 0.211. The molecule has 0 aliphatic heterocycles. The Bertz CT molecular complexity index is 979. The van der Waals surface area contributed by atoms with E-state index in [0.717, 1.165) is 12.0 Å². The molecule has 1 aromatic heterocycles. The second-order valence-electron chi connectivity index (χ2n) is 5.90. The van der Waals surface area contributed by atoms with E-state index in [4.69, 9.17) is 9.26 Å². The van der Waals surface area contributed by atoms with Gasteiger partial charge in [-0.1, -0.05) is 36.3 Å². The van der Waals surface area contributed by atoms with Gasteiger partial charge in [-0.15, -0.1) is 0 Å². The third-order valence-electron chi connectivity index (χ3n) is 4.04. The van der Waals surface area contributed by atoms with Gasteiger partial charge in [0.05, 0.1) is 10.5 Å². The molecule has 0 N–H and O–H groups in total. The summed E-state index contributed by atoms with van der Waals surface area (Å²) in [6, 6.07) is 11.8. The fourth-order valence-electron chi connectivity index (χ4n) is 2.52.